The van der Waals surface area contributed by atoms with Gasteiger partial charge in [-0.1, -0.05) is 37.6 Å². The van der Waals surface area contributed by atoms with E-state index in [0.717, 1.165) is 17.9 Å². The molecule has 1 aliphatic heterocycles. The molecule has 2 aromatic heterocycles. The van der Waals surface area contributed by atoms with Gasteiger partial charge in [-0.25, -0.2) is 9.67 Å². The lowest BCUT2D eigenvalue weighted by Gasteiger charge is -2.35. The van der Waals surface area contributed by atoms with Crippen LogP contribution in [0.3, 0.4) is 0 Å². The molecule has 1 fully saturated rings. The van der Waals surface area contributed by atoms with Gasteiger partial charge < -0.3 is 10.2 Å². The molecule has 3 aromatic rings. The molecule has 0 spiro atoms. The Bertz CT molecular complexity index is 1070. The van der Waals surface area contributed by atoms with E-state index in [-0.39, 0.29) is 17.7 Å². The molecule has 0 radical (unpaired) electrons. The van der Waals surface area contributed by atoms with E-state index in [1.807, 2.05) is 30.9 Å². The fourth-order valence-electron chi connectivity index (χ4n) is 4.16. The van der Waals surface area contributed by atoms with E-state index in [0.29, 0.717) is 30.4 Å². The Kier molecular flexibility index (Phi) is 7.08. The summed E-state index contributed by atoms with van der Waals surface area (Å²) in [4.78, 5) is 32.3. The van der Waals surface area contributed by atoms with Crippen molar-refractivity contribution < 1.29 is 9.59 Å². The maximum atomic E-state index is 13.3. The zero-order valence-electron chi connectivity index (χ0n) is 18.8. The molecule has 1 saturated heterocycles. The second-order valence-corrected chi connectivity index (χ2v) is 9.14. The van der Waals surface area contributed by atoms with E-state index < -0.39 is 6.04 Å². The predicted octanol–water partition coefficient (Wildman–Crippen LogP) is 4.08. The number of benzene rings is 1. The van der Waals surface area contributed by atoms with Crippen molar-refractivity contribution in [1.29, 1.82) is 0 Å². The highest BCUT2D eigenvalue weighted by Crippen LogP contribution is 2.29. The normalized spacial score (nSPS) is 15.5. The van der Waals surface area contributed by atoms with Gasteiger partial charge in [-0.3, -0.25) is 9.59 Å². The number of nitrogens with one attached hydrogen (secondary N) is 1. The van der Waals surface area contributed by atoms with Crippen molar-refractivity contribution in [2.24, 2.45) is 5.92 Å². The first-order valence-electron chi connectivity index (χ1n) is 11.2. The molecule has 0 saturated carbocycles. The lowest BCUT2D eigenvalue weighted by molar-refractivity contribution is -0.135. The standard InChI is InChI=1S/C25H28ClN5O2/c1-17(2)23(29-24(32)20-6-9-22(27-16-20)31-13-3-12-28-31)25(33)30-14-10-19(11-15-30)18-4-7-21(26)8-5-18/h3-9,12-13,16-17,19,23H,10-11,14-15H2,1-2H3,(H,29,32)/t23-/m1/s1. The van der Waals surface area contributed by atoms with Crippen molar-refractivity contribution in [3.63, 3.8) is 0 Å². The van der Waals surface area contributed by atoms with Gasteiger partial charge >= 0.3 is 0 Å². The van der Waals surface area contributed by atoms with Gasteiger partial charge in [0.05, 0.1) is 5.56 Å². The molecule has 172 valence electrons. The SMILES string of the molecule is CC(C)[C@@H](NC(=O)c1ccc(-n2cccn2)nc1)C(=O)N1CCC(c2ccc(Cl)cc2)CC1. The van der Waals surface area contributed by atoms with Crippen molar-refractivity contribution in [2.45, 2.75) is 38.6 Å². The van der Waals surface area contributed by atoms with E-state index in [1.54, 1.807) is 35.3 Å². The number of hydrogen-bond donors (Lipinski definition) is 1. The van der Waals surface area contributed by atoms with Crippen molar-refractivity contribution in [3.05, 3.63) is 77.2 Å². The van der Waals surface area contributed by atoms with Crippen molar-refractivity contribution >= 4 is 23.4 Å². The molecule has 2 amide bonds. The molecule has 33 heavy (non-hydrogen) atoms. The summed E-state index contributed by atoms with van der Waals surface area (Å²) in [6, 6.07) is 12.6. The number of hydrogen-bond acceptors (Lipinski definition) is 4. The van der Waals surface area contributed by atoms with Gasteiger partial charge in [0.15, 0.2) is 5.82 Å². The summed E-state index contributed by atoms with van der Waals surface area (Å²) in [5.41, 5.74) is 1.66. The molecular formula is C25H28ClN5O2. The number of aromatic nitrogens is 3. The van der Waals surface area contributed by atoms with E-state index in [2.05, 4.69) is 27.5 Å². The van der Waals surface area contributed by atoms with E-state index in [9.17, 15) is 9.59 Å². The Labute approximate surface area is 198 Å². The topological polar surface area (TPSA) is 80.1 Å². The first kappa shape index (κ1) is 23.0. The van der Waals surface area contributed by atoms with Crippen LogP contribution in [0.15, 0.2) is 61.1 Å². The molecule has 7 nitrogen and oxygen atoms in total. The summed E-state index contributed by atoms with van der Waals surface area (Å²) in [6.45, 7) is 5.24. The Morgan fingerprint density at radius 2 is 1.82 bits per heavy atom. The number of piperidine rings is 1. The summed E-state index contributed by atoms with van der Waals surface area (Å²) in [7, 11) is 0. The number of carbonyl (C=O) groups excluding carboxylic acids is 2. The zero-order valence-corrected chi connectivity index (χ0v) is 19.6. The van der Waals surface area contributed by atoms with Crippen LogP contribution in [0.4, 0.5) is 0 Å². The molecule has 0 aliphatic carbocycles. The van der Waals surface area contributed by atoms with E-state index in [1.165, 1.54) is 11.8 Å². The van der Waals surface area contributed by atoms with Crippen LogP contribution in [-0.2, 0) is 4.79 Å². The number of rotatable bonds is 6. The van der Waals surface area contributed by atoms with Crippen molar-refractivity contribution in [1.82, 2.24) is 25.0 Å². The summed E-state index contributed by atoms with van der Waals surface area (Å²) in [5.74, 6) is 0.660. The third-order valence-electron chi connectivity index (χ3n) is 6.12. The van der Waals surface area contributed by atoms with Crippen LogP contribution in [0.5, 0.6) is 0 Å². The first-order chi connectivity index (χ1) is 15.9. The number of amides is 2. The van der Waals surface area contributed by atoms with Gasteiger partial charge in [0.1, 0.15) is 6.04 Å². The molecule has 1 N–H and O–H groups in total. The molecule has 4 rings (SSSR count). The summed E-state index contributed by atoms with van der Waals surface area (Å²) in [5, 5.41) is 7.79. The maximum absolute atomic E-state index is 13.3. The van der Waals surface area contributed by atoms with Crippen molar-refractivity contribution in [3.8, 4) is 5.82 Å². The van der Waals surface area contributed by atoms with Crippen LogP contribution in [-0.4, -0.2) is 50.6 Å². The molecule has 1 aromatic carbocycles. The third-order valence-corrected chi connectivity index (χ3v) is 6.37. The van der Waals surface area contributed by atoms with Gasteiger partial charge in [0.25, 0.3) is 5.91 Å². The van der Waals surface area contributed by atoms with Gasteiger partial charge in [0, 0.05) is 36.7 Å². The summed E-state index contributed by atoms with van der Waals surface area (Å²) in [6.07, 6.45) is 6.74. The monoisotopic (exact) mass is 465 g/mol. The molecule has 1 aliphatic rings. The number of nitrogens with zero attached hydrogens (tertiary/aromatic N) is 4. The third kappa shape index (κ3) is 5.42. The molecule has 0 unspecified atom stereocenters. The second kappa shape index (κ2) is 10.2. The Morgan fingerprint density at radius 1 is 1.09 bits per heavy atom. The lowest BCUT2D eigenvalue weighted by atomic mass is 9.89. The minimum atomic E-state index is -0.588. The van der Waals surface area contributed by atoms with Crippen LogP contribution in [0, 0.1) is 5.92 Å². The lowest BCUT2D eigenvalue weighted by Crippen LogP contribution is -2.52. The summed E-state index contributed by atoms with van der Waals surface area (Å²) < 4.78 is 1.62. The van der Waals surface area contributed by atoms with Crippen LogP contribution < -0.4 is 5.32 Å². The quantitative estimate of drug-likeness (QED) is 0.594. The molecule has 8 heteroatoms. The molecule has 1 atom stereocenters. The predicted molar refractivity (Wildman–Crippen MR) is 127 cm³/mol. The average molecular weight is 466 g/mol. The average Bonchev–Trinajstić information content (AvgIpc) is 3.38. The van der Waals surface area contributed by atoms with Gasteiger partial charge in [0.2, 0.25) is 5.91 Å². The highest BCUT2D eigenvalue weighted by atomic mass is 35.5. The number of pyridine rings is 1. The van der Waals surface area contributed by atoms with Crippen LogP contribution in [0.2, 0.25) is 5.02 Å². The Hall–Kier alpha value is -3.19. The van der Waals surface area contributed by atoms with Crippen LogP contribution >= 0.6 is 11.6 Å². The second-order valence-electron chi connectivity index (χ2n) is 8.70. The van der Waals surface area contributed by atoms with Crippen molar-refractivity contribution in [2.75, 3.05) is 13.1 Å². The van der Waals surface area contributed by atoms with Crippen LogP contribution in [0.1, 0.15) is 48.5 Å². The first-order valence-corrected chi connectivity index (χ1v) is 11.6. The molecular weight excluding hydrogens is 438 g/mol. The smallest absolute Gasteiger partial charge is 0.253 e. The minimum Gasteiger partial charge on any atom is -0.341 e. The largest absolute Gasteiger partial charge is 0.341 e. The zero-order chi connectivity index (χ0) is 23.4. The Balaban J connectivity index is 1.37. The Morgan fingerprint density at radius 3 is 2.39 bits per heavy atom. The van der Waals surface area contributed by atoms with E-state index >= 15 is 0 Å². The van der Waals surface area contributed by atoms with Gasteiger partial charge in [-0.2, -0.15) is 5.10 Å². The number of likely N-dealkylation sites (tertiary alicyclic amines) is 1. The molecule has 0 bridgehead atoms. The molecule has 3 heterocycles. The number of halogens is 1. The minimum absolute atomic E-state index is 0.0333. The fourth-order valence-corrected chi connectivity index (χ4v) is 4.29. The fraction of sp³-hybridized carbons (Fsp3) is 0.360. The van der Waals surface area contributed by atoms with E-state index in [4.69, 9.17) is 11.6 Å². The van der Waals surface area contributed by atoms with Gasteiger partial charge in [-0.15, -0.1) is 0 Å². The highest BCUT2D eigenvalue weighted by molar-refractivity contribution is 6.30. The van der Waals surface area contributed by atoms with Gasteiger partial charge in [-0.05, 0) is 60.6 Å². The summed E-state index contributed by atoms with van der Waals surface area (Å²) >= 11 is 6.00. The highest BCUT2D eigenvalue weighted by Gasteiger charge is 2.31. The maximum Gasteiger partial charge on any atom is 0.253 e. The number of carbonyl (C=O) groups is 2. The van der Waals surface area contributed by atoms with Crippen LogP contribution in [0.25, 0.3) is 5.82 Å².